The Hall–Kier alpha value is -0.860. The van der Waals surface area contributed by atoms with E-state index in [2.05, 4.69) is 0 Å². The van der Waals surface area contributed by atoms with Gasteiger partial charge in [-0.3, -0.25) is 9.69 Å². The standard InChI is InChI=1S/C13H17Cl2N3O3S/c1-9(13(16)19)17-5-7-18(8-6-17)22(20,21)11-4-2-3-10(14)12(11)15/h2-4,9H,5-8H2,1H3,(H2,16,19)/t9-/m0/s1. The molecule has 0 saturated carbocycles. The Bertz CT molecular complexity index is 673. The summed E-state index contributed by atoms with van der Waals surface area (Å²) < 4.78 is 26.6. The van der Waals surface area contributed by atoms with Crippen LogP contribution in [0.15, 0.2) is 23.1 Å². The van der Waals surface area contributed by atoms with Crippen molar-refractivity contribution < 1.29 is 13.2 Å². The summed E-state index contributed by atoms with van der Waals surface area (Å²) in [5.74, 6) is -0.422. The molecule has 0 spiro atoms. The van der Waals surface area contributed by atoms with E-state index >= 15 is 0 Å². The van der Waals surface area contributed by atoms with E-state index in [1.54, 1.807) is 13.0 Å². The molecule has 122 valence electrons. The summed E-state index contributed by atoms with van der Waals surface area (Å²) in [7, 11) is -3.71. The molecule has 1 heterocycles. The molecule has 2 N–H and O–H groups in total. The highest BCUT2D eigenvalue weighted by molar-refractivity contribution is 7.89. The largest absolute Gasteiger partial charge is 0.368 e. The summed E-state index contributed by atoms with van der Waals surface area (Å²) in [5, 5.41) is 0.223. The molecule has 9 heteroatoms. The zero-order chi connectivity index (χ0) is 16.5. The van der Waals surface area contributed by atoms with Crippen LogP contribution in [0.3, 0.4) is 0 Å². The number of primary amides is 1. The lowest BCUT2D eigenvalue weighted by molar-refractivity contribution is -0.123. The van der Waals surface area contributed by atoms with Gasteiger partial charge in [0.25, 0.3) is 0 Å². The lowest BCUT2D eigenvalue weighted by Crippen LogP contribution is -2.54. The Morgan fingerprint density at radius 1 is 1.23 bits per heavy atom. The number of sulfonamides is 1. The van der Waals surface area contributed by atoms with E-state index in [-0.39, 0.29) is 28.0 Å². The van der Waals surface area contributed by atoms with E-state index < -0.39 is 22.0 Å². The van der Waals surface area contributed by atoms with Crippen molar-refractivity contribution in [3.05, 3.63) is 28.2 Å². The van der Waals surface area contributed by atoms with E-state index in [1.807, 2.05) is 4.90 Å². The van der Waals surface area contributed by atoms with Crippen LogP contribution in [0.5, 0.6) is 0 Å². The fourth-order valence-corrected chi connectivity index (χ4v) is 4.49. The second kappa shape index (κ2) is 6.72. The normalized spacial score (nSPS) is 19.0. The van der Waals surface area contributed by atoms with Crippen molar-refractivity contribution >= 4 is 39.1 Å². The lowest BCUT2D eigenvalue weighted by atomic mass is 10.2. The third-order valence-corrected chi connectivity index (χ3v) is 6.64. The molecule has 1 aromatic carbocycles. The minimum Gasteiger partial charge on any atom is -0.368 e. The first-order chi connectivity index (χ1) is 10.2. The molecule has 0 unspecified atom stereocenters. The van der Waals surface area contributed by atoms with E-state index in [0.29, 0.717) is 13.1 Å². The Morgan fingerprint density at radius 2 is 1.82 bits per heavy atom. The molecular weight excluding hydrogens is 349 g/mol. The average Bonchev–Trinajstić information content (AvgIpc) is 2.49. The quantitative estimate of drug-likeness (QED) is 0.867. The first kappa shape index (κ1) is 17.5. The molecule has 0 aromatic heterocycles. The molecule has 1 saturated heterocycles. The van der Waals surface area contributed by atoms with Gasteiger partial charge in [-0.25, -0.2) is 8.42 Å². The number of piperazine rings is 1. The number of hydrogen-bond donors (Lipinski definition) is 1. The van der Waals surface area contributed by atoms with Crippen LogP contribution in [0.1, 0.15) is 6.92 Å². The number of carbonyl (C=O) groups excluding carboxylic acids is 1. The van der Waals surface area contributed by atoms with Crippen molar-refractivity contribution in [2.75, 3.05) is 26.2 Å². The molecule has 22 heavy (non-hydrogen) atoms. The second-order valence-electron chi connectivity index (χ2n) is 5.07. The number of nitrogens with zero attached hydrogens (tertiary/aromatic N) is 2. The summed E-state index contributed by atoms with van der Waals surface area (Å²) >= 11 is 11.9. The number of carbonyl (C=O) groups is 1. The van der Waals surface area contributed by atoms with Gasteiger partial charge in [-0.15, -0.1) is 0 Å². The SMILES string of the molecule is C[C@@H](C(N)=O)N1CCN(S(=O)(=O)c2cccc(Cl)c2Cl)CC1. The number of nitrogens with two attached hydrogens (primary N) is 1. The smallest absolute Gasteiger partial charge is 0.244 e. The minimum atomic E-state index is -3.71. The van der Waals surface area contributed by atoms with Crippen molar-refractivity contribution in [3.63, 3.8) is 0 Å². The van der Waals surface area contributed by atoms with E-state index in [9.17, 15) is 13.2 Å². The van der Waals surface area contributed by atoms with Crippen LogP contribution in [0.2, 0.25) is 10.0 Å². The Balaban J connectivity index is 2.16. The van der Waals surface area contributed by atoms with Gasteiger partial charge in [0.05, 0.1) is 16.1 Å². The van der Waals surface area contributed by atoms with Crippen molar-refractivity contribution in [1.29, 1.82) is 0 Å². The van der Waals surface area contributed by atoms with Crippen LogP contribution in [-0.4, -0.2) is 55.8 Å². The monoisotopic (exact) mass is 365 g/mol. The predicted octanol–water partition coefficient (Wildman–Crippen LogP) is 1.17. The fraction of sp³-hybridized carbons (Fsp3) is 0.462. The summed E-state index contributed by atoms with van der Waals surface area (Å²) in [6.45, 7) is 3.11. The van der Waals surface area contributed by atoms with Gasteiger partial charge in [0.1, 0.15) is 4.90 Å². The number of amides is 1. The Kier molecular flexibility index (Phi) is 5.34. The molecule has 1 aliphatic rings. The topological polar surface area (TPSA) is 83.7 Å². The predicted molar refractivity (Wildman–Crippen MR) is 85.5 cm³/mol. The number of halogens is 2. The van der Waals surface area contributed by atoms with Crippen LogP contribution in [0.25, 0.3) is 0 Å². The summed E-state index contributed by atoms with van der Waals surface area (Å²) in [5.41, 5.74) is 5.27. The molecule has 1 aromatic rings. The fourth-order valence-electron chi connectivity index (χ4n) is 2.33. The summed E-state index contributed by atoms with van der Waals surface area (Å²) in [6.07, 6.45) is 0. The van der Waals surface area contributed by atoms with E-state index in [4.69, 9.17) is 28.9 Å². The lowest BCUT2D eigenvalue weighted by Gasteiger charge is -2.36. The highest BCUT2D eigenvalue weighted by Crippen LogP contribution is 2.31. The Morgan fingerprint density at radius 3 is 2.36 bits per heavy atom. The van der Waals surface area contributed by atoms with Crippen LogP contribution in [-0.2, 0) is 14.8 Å². The average molecular weight is 366 g/mol. The summed E-state index contributed by atoms with van der Waals surface area (Å²) in [6, 6.07) is 4.10. The number of hydrogen-bond acceptors (Lipinski definition) is 4. The van der Waals surface area contributed by atoms with Crippen molar-refractivity contribution in [2.24, 2.45) is 5.73 Å². The molecule has 1 fully saturated rings. The van der Waals surface area contributed by atoms with Crippen LogP contribution >= 0.6 is 23.2 Å². The zero-order valence-corrected chi connectivity index (χ0v) is 14.3. The number of benzene rings is 1. The van der Waals surface area contributed by atoms with Gasteiger partial charge in [0.2, 0.25) is 15.9 Å². The maximum atomic E-state index is 12.6. The first-order valence-corrected chi connectivity index (χ1v) is 8.92. The molecule has 1 aliphatic heterocycles. The van der Waals surface area contributed by atoms with Gasteiger partial charge < -0.3 is 5.73 Å². The van der Waals surface area contributed by atoms with E-state index in [0.717, 1.165) is 0 Å². The van der Waals surface area contributed by atoms with Crippen molar-refractivity contribution in [3.8, 4) is 0 Å². The van der Waals surface area contributed by atoms with Gasteiger partial charge in [-0.2, -0.15) is 4.31 Å². The van der Waals surface area contributed by atoms with Crippen LogP contribution in [0, 0.1) is 0 Å². The molecule has 0 radical (unpaired) electrons. The van der Waals surface area contributed by atoms with Crippen molar-refractivity contribution in [1.82, 2.24) is 9.21 Å². The highest BCUT2D eigenvalue weighted by Gasteiger charge is 2.32. The Labute approximate surface area is 139 Å². The zero-order valence-electron chi connectivity index (χ0n) is 12.0. The highest BCUT2D eigenvalue weighted by atomic mass is 35.5. The molecule has 2 rings (SSSR count). The summed E-state index contributed by atoms with van der Waals surface area (Å²) in [4.78, 5) is 13.1. The molecule has 0 bridgehead atoms. The molecule has 1 amide bonds. The van der Waals surface area contributed by atoms with Gasteiger partial charge in [0, 0.05) is 26.2 Å². The number of rotatable bonds is 4. The van der Waals surface area contributed by atoms with Gasteiger partial charge in [0.15, 0.2) is 0 Å². The van der Waals surface area contributed by atoms with Crippen LogP contribution < -0.4 is 5.73 Å². The molecular formula is C13H17Cl2N3O3S. The van der Waals surface area contributed by atoms with Gasteiger partial charge in [-0.1, -0.05) is 29.3 Å². The maximum Gasteiger partial charge on any atom is 0.244 e. The van der Waals surface area contributed by atoms with Gasteiger partial charge in [-0.05, 0) is 19.1 Å². The maximum absolute atomic E-state index is 12.6. The molecule has 6 nitrogen and oxygen atoms in total. The molecule has 1 atom stereocenters. The first-order valence-electron chi connectivity index (χ1n) is 6.72. The van der Waals surface area contributed by atoms with Crippen molar-refractivity contribution in [2.45, 2.75) is 17.9 Å². The second-order valence-corrected chi connectivity index (χ2v) is 7.76. The molecule has 0 aliphatic carbocycles. The third kappa shape index (κ3) is 3.38. The third-order valence-electron chi connectivity index (χ3n) is 3.77. The minimum absolute atomic E-state index is 0.00179. The van der Waals surface area contributed by atoms with E-state index in [1.165, 1.54) is 16.4 Å². The van der Waals surface area contributed by atoms with Crippen LogP contribution in [0.4, 0.5) is 0 Å². The van der Waals surface area contributed by atoms with Gasteiger partial charge >= 0.3 is 0 Å².